The lowest BCUT2D eigenvalue weighted by Gasteiger charge is -2.18. The zero-order chi connectivity index (χ0) is 16.7. The molecule has 0 spiro atoms. The van der Waals surface area contributed by atoms with Crippen LogP contribution in [0.1, 0.15) is 42.1 Å². The summed E-state index contributed by atoms with van der Waals surface area (Å²) in [4.78, 5) is 24.0. The van der Waals surface area contributed by atoms with Crippen molar-refractivity contribution in [1.82, 2.24) is 5.32 Å². The lowest BCUT2D eigenvalue weighted by atomic mass is 9.96. The number of carbonyl (C=O) groups excluding carboxylic acids is 2. The van der Waals surface area contributed by atoms with E-state index in [1.165, 1.54) is 16.9 Å². The van der Waals surface area contributed by atoms with Crippen LogP contribution in [-0.4, -0.2) is 24.5 Å². The van der Waals surface area contributed by atoms with Gasteiger partial charge in [0.2, 0.25) is 0 Å². The molecule has 23 heavy (non-hydrogen) atoms. The molecule has 2 rings (SSSR count). The van der Waals surface area contributed by atoms with Crippen molar-refractivity contribution in [2.75, 3.05) is 6.54 Å². The van der Waals surface area contributed by atoms with Gasteiger partial charge >= 0.3 is 5.97 Å². The van der Waals surface area contributed by atoms with Crippen LogP contribution >= 0.6 is 11.3 Å². The number of rotatable bonds is 7. The van der Waals surface area contributed by atoms with Crippen LogP contribution < -0.4 is 5.32 Å². The van der Waals surface area contributed by atoms with Gasteiger partial charge in [-0.2, -0.15) is 11.3 Å². The van der Waals surface area contributed by atoms with Gasteiger partial charge in [0.15, 0.2) is 6.10 Å². The van der Waals surface area contributed by atoms with Crippen molar-refractivity contribution in [1.29, 1.82) is 0 Å². The third-order valence-electron chi connectivity index (χ3n) is 3.70. The Bertz CT molecular complexity index is 625. The summed E-state index contributed by atoms with van der Waals surface area (Å²) in [6.07, 6.45) is 0.114. The van der Waals surface area contributed by atoms with Crippen LogP contribution in [0, 0.1) is 0 Å². The molecule has 0 aliphatic carbocycles. The predicted octanol–water partition coefficient (Wildman–Crippen LogP) is 3.60. The van der Waals surface area contributed by atoms with Gasteiger partial charge in [0.05, 0.1) is 5.56 Å². The van der Waals surface area contributed by atoms with Crippen molar-refractivity contribution in [3.05, 3.63) is 58.3 Å². The predicted molar refractivity (Wildman–Crippen MR) is 91.7 cm³/mol. The Kier molecular flexibility index (Phi) is 6.35. The Morgan fingerprint density at radius 2 is 1.96 bits per heavy atom. The standard InChI is InChI=1S/C18H21NO3S/c1-3-14(15-7-5-4-6-8-15)11-19-17(20)13(2)22-18(21)16-9-10-23-12-16/h4-10,12-14H,3,11H2,1-2H3,(H,19,20)/t13-,14+/m1/s1. The molecule has 1 heterocycles. The van der Waals surface area contributed by atoms with Gasteiger partial charge in [-0.15, -0.1) is 0 Å². The quantitative estimate of drug-likeness (QED) is 0.789. The van der Waals surface area contributed by atoms with Crippen molar-refractivity contribution in [3.8, 4) is 0 Å². The number of esters is 1. The number of thiophene rings is 1. The van der Waals surface area contributed by atoms with Gasteiger partial charge in [0, 0.05) is 17.8 Å². The third-order valence-corrected chi connectivity index (χ3v) is 4.38. The summed E-state index contributed by atoms with van der Waals surface area (Å²) in [5.74, 6) is -0.494. The summed E-state index contributed by atoms with van der Waals surface area (Å²) in [6.45, 7) is 4.20. The highest BCUT2D eigenvalue weighted by molar-refractivity contribution is 7.08. The first-order valence-electron chi connectivity index (χ1n) is 7.67. The topological polar surface area (TPSA) is 55.4 Å². The number of benzene rings is 1. The van der Waals surface area contributed by atoms with Crippen LogP contribution in [0.2, 0.25) is 0 Å². The van der Waals surface area contributed by atoms with Gasteiger partial charge in [-0.25, -0.2) is 4.79 Å². The minimum absolute atomic E-state index is 0.250. The zero-order valence-corrected chi connectivity index (χ0v) is 14.1. The smallest absolute Gasteiger partial charge is 0.339 e. The van der Waals surface area contributed by atoms with Crippen molar-refractivity contribution < 1.29 is 14.3 Å². The van der Waals surface area contributed by atoms with E-state index in [2.05, 4.69) is 24.4 Å². The van der Waals surface area contributed by atoms with Gasteiger partial charge < -0.3 is 10.1 Å². The fourth-order valence-electron chi connectivity index (χ4n) is 2.25. The third kappa shape index (κ3) is 4.93. The van der Waals surface area contributed by atoms with E-state index in [0.717, 1.165) is 6.42 Å². The minimum atomic E-state index is -0.810. The van der Waals surface area contributed by atoms with Gasteiger partial charge in [-0.1, -0.05) is 37.3 Å². The molecule has 122 valence electrons. The minimum Gasteiger partial charge on any atom is -0.449 e. The second-order valence-electron chi connectivity index (χ2n) is 5.32. The van der Waals surface area contributed by atoms with Crippen molar-refractivity contribution in [2.45, 2.75) is 32.3 Å². The molecular formula is C18H21NO3S. The van der Waals surface area contributed by atoms with Gasteiger partial charge in [-0.05, 0) is 30.4 Å². The van der Waals surface area contributed by atoms with E-state index in [4.69, 9.17) is 4.74 Å². The summed E-state index contributed by atoms with van der Waals surface area (Å²) in [5.41, 5.74) is 1.67. The first kappa shape index (κ1) is 17.2. The summed E-state index contributed by atoms with van der Waals surface area (Å²) in [7, 11) is 0. The molecule has 5 heteroatoms. The highest BCUT2D eigenvalue weighted by atomic mass is 32.1. The Morgan fingerprint density at radius 1 is 1.22 bits per heavy atom. The molecule has 2 atom stereocenters. The molecule has 0 saturated heterocycles. The van der Waals surface area contributed by atoms with Gasteiger partial charge in [-0.3, -0.25) is 4.79 Å². The number of ether oxygens (including phenoxy) is 1. The molecule has 1 aromatic carbocycles. The highest BCUT2D eigenvalue weighted by Crippen LogP contribution is 2.18. The van der Waals surface area contributed by atoms with Gasteiger partial charge in [0.25, 0.3) is 5.91 Å². The summed E-state index contributed by atoms with van der Waals surface area (Å²) < 4.78 is 5.18. The Balaban J connectivity index is 1.84. The van der Waals surface area contributed by atoms with Crippen LogP contribution in [0.4, 0.5) is 0 Å². The second kappa shape index (κ2) is 8.48. The van der Waals surface area contributed by atoms with E-state index in [0.29, 0.717) is 12.1 Å². The van der Waals surface area contributed by atoms with Crippen LogP contribution in [0.3, 0.4) is 0 Å². The fourth-order valence-corrected chi connectivity index (χ4v) is 2.88. The SMILES string of the molecule is CC[C@@H](CNC(=O)[C@@H](C)OC(=O)c1ccsc1)c1ccccc1. The number of nitrogens with one attached hydrogen (secondary N) is 1. The Labute approximate surface area is 140 Å². The number of amides is 1. The van der Waals surface area contributed by atoms with E-state index in [9.17, 15) is 9.59 Å². The van der Waals surface area contributed by atoms with E-state index in [1.54, 1.807) is 23.8 Å². The molecule has 2 aromatic rings. The molecule has 0 unspecified atom stereocenters. The maximum atomic E-state index is 12.1. The van der Waals surface area contributed by atoms with E-state index >= 15 is 0 Å². The van der Waals surface area contributed by atoms with Gasteiger partial charge in [0.1, 0.15) is 0 Å². The lowest BCUT2D eigenvalue weighted by Crippen LogP contribution is -2.37. The first-order chi connectivity index (χ1) is 11.1. The molecule has 4 nitrogen and oxygen atoms in total. The van der Waals surface area contributed by atoms with Crippen molar-refractivity contribution >= 4 is 23.2 Å². The second-order valence-corrected chi connectivity index (χ2v) is 6.10. The lowest BCUT2D eigenvalue weighted by molar-refractivity contribution is -0.129. The first-order valence-corrected chi connectivity index (χ1v) is 8.62. The molecule has 0 aliphatic rings. The molecule has 0 aliphatic heterocycles. The highest BCUT2D eigenvalue weighted by Gasteiger charge is 2.20. The number of hydrogen-bond acceptors (Lipinski definition) is 4. The molecule has 1 aromatic heterocycles. The fraction of sp³-hybridized carbons (Fsp3) is 0.333. The van der Waals surface area contributed by atoms with Crippen LogP contribution in [0.25, 0.3) is 0 Å². The molecule has 0 fully saturated rings. The molecule has 0 bridgehead atoms. The normalized spacial score (nSPS) is 13.1. The zero-order valence-electron chi connectivity index (χ0n) is 13.3. The summed E-state index contributed by atoms with van der Waals surface area (Å²) in [6, 6.07) is 11.7. The molecule has 0 saturated carbocycles. The van der Waals surface area contributed by atoms with E-state index in [-0.39, 0.29) is 11.8 Å². The molecule has 0 radical (unpaired) electrons. The van der Waals surface area contributed by atoms with Crippen molar-refractivity contribution in [3.63, 3.8) is 0 Å². The van der Waals surface area contributed by atoms with Crippen molar-refractivity contribution in [2.24, 2.45) is 0 Å². The molecular weight excluding hydrogens is 310 g/mol. The number of carbonyl (C=O) groups is 2. The molecule has 1 N–H and O–H groups in total. The monoisotopic (exact) mass is 331 g/mol. The molecule has 1 amide bonds. The largest absolute Gasteiger partial charge is 0.449 e. The van der Waals surface area contributed by atoms with Crippen LogP contribution in [0.15, 0.2) is 47.2 Å². The average Bonchev–Trinajstić information content (AvgIpc) is 3.10. The van der Waals surface area contributed by atoms with Crippen LogP contribution in [0.5, 0.6) is 0 Å². The summed E-state index contributed by atoms with van der Waals surface area (Å²) in [5, 5.41) is 6.37. The maximum absolute atomic E-state index is 12.1. The number of hydrogen-bond donors (Lipinski definition) is 1. The average molecular weight is 331 g/mol. The maximum Gasteiger partial charge on any atom is 0.339 e. The Morgan fingerprint density at radius 3 is 2.57 bits per heavy atom. The Hall–Kier alpha value is -2.14. The summed E-state index contributed by atoms with van der Waals surface area (Å²) >= 11 is 1.42. The van der Waals surface area contributed by atoms with E-state index in [1.807, 2.05) is 18.2 Å². The van der Waals surface area contributed by atoms with Crippen LogP contribution in [-0.2, 0) is 9.53 Å². The van der Waals surface area contributed by atoms with E-state index < -0.39 is 12.1 Å².